The van der Waals surface area contributed by atoms with Crippen LogP contribution in [0.2, 0.25) is 0 Å². The Morgan fingerprint density at radius 3 is 2.15 bits per heavy atom. The van der Waals surface area contributed by atoms with Crippen molar-refractivity contribution in [1.29, 1.82) is 0 Å². The van der Waals surface area contributed by atoms with E-state index in [4.69, 9.17) is 10.5 Å². The Bertz CT molecular complexity index is 259. The zero-order chi connectivity index (χ0) is 14.2. The lowest BCUT2D eigenvalue weighted by Gasteiger charge is -2.42. The fraction of sp³-hybridized carbons (Fsp3) is 1.00. The van der Waals surface area contributed by atoms with Gasteiger partial charge in [0.2, 0.25) is 0 Å². The van der Waals surface area contributed by atoms with E-state index in [1.807, 2.05) is 0 Å². The van der Waals surface area contributed by atoms with Crippen LogP contribution in [0.4, 0.5) is 0 Å². The molecule has 1 aliphatic carbocycles. The largest absolute Gasteiger partial charge is 0.379 e. The lowest BCUT2D eigenvalue weighted by molar-refractivity contribution is -0.0301. The zero-order valence-electron chi connectivity index (χ0n) is 13.4. The average Bonchev–Trinajstić information content (AvgIpc) is 2.44. The number of rotatable bonds is 1. The van der Waals surface area contributed by atoms with Crippen LogP contribution in [0.1, 0.15) is 71.1 Å². The van der Waals surface area contributed by atoms with Crippen molar-refractivity contribution in [3.8, 4) is 0 Å². The van der Waals surface area contributed by atoms with Crippen LogP contribution >= 0.6 is 0 Å². The van der Waals surface area contributed by atoms with Crippen molar-refractivity contribution in [3.05, 3.63) is 0 Å². The molecule has 20 heavy (non-hydrogen) atoms. The molecule has 0 amide bonds. The first-order valence-electron chi connectivity index (χ1n) is 8.88. The van der Waals surface area contributed by atoms with Gasteiger partial charge in [0.25, 0.3) is 0 Å². The Balaban J connectivity index is 1.92. The highest BCUT2D eigenvalue weighted by atomic mass is 16.5. The number of nitrogens with two attached hydrogens (primary N) is 1. The van der Waals surface area contributed by atoms with Crippen LogP contribution in [-0.2, 0) is 4.74 Å². The summed E-state index contributed by atoms with van der Waals surface area (Å²) < 4.78 is 5.59. The van der Waals surface area contributed by atoms with Gasteiger partial charge in [-0.25, -0.2) is 0 Å². The number of morpholine rings is 1. The molecule has 3 nitrogen and oxygen atoms in total. The molecule has 118 valence electrons. The van der Waals surface area contributed by atoms with Crippen molar-refractivity contribution in [2.75, 3.05) is 19.8 Å². The van der Waals surface area contributed by atoms with Gasteiger partial charge in [0.05, 0.1) is 13.2 Å². The summed E-state index contributed by atoms with van der Waals surface area (Å²) in [5.74, 6) is 0. The van der Waals surface area contributed by atoms with Gasteiger partial charge in [0, 0.05) is 24.7 Å². The van der Waals surface area contributed by atoms with Gasteiger partial charge in [-0.15, -0.1) is 0 Å². The molecule has 0 aromatic carbocycles. The van der Waals surface area contributed by atoms with Gasteiger partial charge in [0.15, 0.2) is 0 Å². The molecule has 0 aromatic rings. The van der Waals surface area contributed by atoms with Gasteiger partial charge in [0.1, 0.15) is 0 Å². The van der Waals surface area contributed by atoms with Crippen molar-refractivity contribution >= 4 is 0 Å². The molecular weight excluding hydrogens is 248 g/mol. The molecule has 0 bridgehead atoms. The smallest absolute Gasteiger partial charge is 0.0619 e. The van der Waals surface area contributed by atoms with Crippen LogP contribution in [0.3, 0.4) is 0 Å². The van der Waals surface area contributed by atoms with Gasteiger partial charge in [-0.3, -0.25) is 4.90 Å². The van der Waals surface area contributed by atoms with E-state index in [1.54, 1.807) is 0 Å². The summed E-state index contributed by atoms with van der Waals surface area (Å²) in [6, 6.07) is 1.47. The van der Waals surface area contributed by atoms with Gasteiger partial charge in [-0.1, -0.05) is 51.4 Å². The molecule has 3 atom stereocenters. The summed E-state index contributed by atoms with van der Waals surface area (Å²) in [5.41, 5.74) is 6.57. The van der Waals surface area contributed by atoms with Crippen LogP contribution in [-0.4, -0.2) is 42.8 Å². The summed E-state index contributed by atoms with van der Waals surface area (Å²) in [6.07, 6.45) is 13.6. The minimum atomic E-state index is 0.356. The summed E-state index contributed by atoms with van der Waals surface area (Å²) in [6.45, 7) is 5.12. The van der Waals surface area contributed by atoms with Crippen LogP contribution < -0.4 is 5.73 Å². The normalized spacial score (nSPS) is 36.0. The minimum Gasteiger partial charge on any atom is -0.379 e. The molecule has 2 N–H and O–H groups in total. The molecule has 1 saturated carbocycles. The monoisotopic (exact) mass is 282 g/mol. The Morgan fingerprint density at radius 2 is 1.50 bits per heavy atom. The van der Waals surface area contributed by atoms with E-state index in [9.17, 15) is 0 Å². The van der Waals surface area contributed by atoms with E-state index in [0.717, 1.165) is 19.8 Å². The third-order valence-electron chi connectivity index (χ3n) is 5.13. The summed E-state index contributed by atoms with van der Waals surface area (Å²) in [5, 5.41) is 0. The molecule has 0 radical (unpaired) electrons. The molecule has 2 aliphatic rings. The van der Waals surface area contributed by atoms with Crippen LogP contribution in [0, 0.1) is 0 Å². The fourth-order valence-electron chi connectivity index (χ4n) is 3.85. The van der Waals surface area contributed by atoms with Crippen molar-refractivity contribution in [3.63, 3.8) is 0 Å². The summed E-state index contributed by atoms with van der Waals surface area (Å²) in [7, 11) is 0. The maximum atomic E-state index is 6.57. The van der Waals surface area contributed by atoms with E-state index in [1.165, 1.54) is 64.2 Å². The molecule has 2 rings (SSSR count). The molecule has 2 fully saturated rings. The SMILES string of the molecule is CC1COCCN1C1CCCCCCCCCCC1N. The van der Waals surface area contributed by atoms with Crippen molar-refractivity contribution in [2.45, 2.75) is 89.3 Å². The predicted octanol–water partition coefficient (Wildman–Crippen LogP) is 3.32. The lowest BCUT2D eigenvalue weighted by Crippen LogP contribution is -2.55. The highest BCUT2D eigenvalue weighted by Crippen LogP contribution is 2.22. The highest BCUT2D eigenvalue weighted by molar-refractivity contribution is 4.87. The number of hydrogen-bond acceptors (Lipinski definition) is 3. The summed E-state index contributed by atoms with van der Waals surface area (Å²) >= 11 is 0. The first kappa shape index (κ1) is 16.3. The second-order valence-electron chi connectivity index (χ2n) is 6.80. The molecule has 1 aliphatic heterocycles. The Hall–Kier alpha value is -0.120. The van der Waals surface area contributed by atoms with Crippen LogP contribution in [0.25, 0.3) is 0 Å². The Morgan fingerprint density at radius 1 is 0.900 bits per heavy atom. The first-order chi connectivity index (χ1) is 9.79. The van der Waals surface area contributed by atoms with Gasteiger partial charge in [-0.05, 0) is 19.8 Å². The summed E-state index contributed by atoms with van der Waals surface area (Å²) in [4.78, 5) is 2.64. The minimum absolute atomic E-state index is 0.356. The molecule has 0 spiro atoms. The van der Waals surface area contributed by atoms with E-state index in [0.29, 0.717) is 18.1 Å². The van der Waals surface area contributed by atoms with Crippen LogP contribution in [0.5, 0.6) is 0 Å². The molecule has 1 saturated heterocycles. The Labute approximate surface area is 125 Å². The fourth-order valence-corrected chi connectivity index (χ4v) is 3.85. The number of ether oxygens (including phenoxy) is 1. The van der Waals surface area contributed by atoms with Crippen molar-refractivity contribution in [2.24, 2.45) is 5.73 Å². The van der Waals surface area contributed by atoms with E-state index in [-0.39, 0.29) is 0 Å². The topological polar surface area (TPSA) is 38.5 Å². The third-order valence-corrected chi connectivity index (χ3v) is 5.13. The maximum Gasteiger partial charge on any atom is 0.0619 e. The lowest BCUT2D eigenvalue weighted by atomic mass is 9.92. The van der Waals surface area contributed by atoms with Gasteiger partial charge < -0.3 is 10.5 Å². The maximum absolute atomic E-state index is 6.57. The number of hydrogen-bond donors (Lipinski definition) is 1. The molecule has 3 heteroatoms. The quantitative estimate of drug-likeness (QED) is 0.802. The number of nitrogens with zero attached hydrogens (tertiary/aromatic N) is 1. The van der Waals surface area contributed by atoms with Gasteiger partial charge >= 0.3 is 0 Å². The second kappa shape index (κ2) is 9.01. The van der Waals surface area contributed by atoms with E-state index in [2.05, 4.69) is 11.8 Å². The standard InChI is InChI=1S/C17H34N2O/c1-15-14-20-13-12-19(15)17-11-9-7-5-3-2-4-6-8-10-16(17)18/h15-17H,2-14,18H2,1H3. The van der Waals surface area contributed by atoms with Gasteiger partial charge in [-0.2, -0.15) is 0 Å². The van der Waals surface area contributed by atoms with E-state index >= 15 is 0 Å². The van der Waals surface area contributed by atoms with Crippen molar-refractivity contribution in [1.82, 2.24) is 4.90 Å². The predicted molar refractivity (Wildman–Crippen MR) is 84.9 cm³/mol. The molecule has 1 heterocycles. The zero-order valence-corrected chi connectivity index (χ0v) is 13.4. The third kappa shape index (κ3) is 5.01. The first-order valence-corrected chi connectivity index (χ1v) is 8.88. The molecule has 0 aromatic heterocycles. The van der Waals surface area contributed by atoms with Crippen LogP contribution in [0.15, 0.2) is 0 Å². The average molecular weight is 282 g/mol. The molecule has 3 unspecified atom stereocenters. The molecular formula is C17H34N2O. The second-order valence-corrected chi connectivity index (χ2v) is 6.80. The highest BCUT2D eigenvalue weighted by Gasteiger charge is 2.30. The van der Waals surface area contributed by atoms with E-state index < -0.39 is 0 Å². The Kier molecular flexibility index (Phi) is 7.32. The van der Waals surface area contributed by atoms with Crippen molar-refractivity contribution < 1.29 is 4.74 Å².